The predicted octanol–water partition coefficient (Wildman–Crippen LogP) is 0.483. The highest BCUT2D eigenvalue weighted by Crippen LogP contribution is 2.21. The van der Waals surface area contributed by atoms with Crippen LogP contribution >= 0.6 is 0 Å². The van der Waals surface area contributed by atoms with Gasteiger partial charge in [-0.1, -0.05) is 6.07 Å². The molecule has 1 heterocycles. The number of amides is 2. The fourth-order valence-corrected chi connectivity index (χ4v) is 2.38. The zero-order chi connectivity index (χ0) is 15.4. The van der Waals surface area contributed by atoms with Crippen LogP contribution < -0.4 is 11.1 Å². The number of nitro benzene ring substituents is 1. The summed E-state index contributed by atoms with van der Waals surface area (Å²) in [7, 11) is 0. The number of nitrogens with two attached hydrogens (primary N) is 1. The molecule has 21 heavy (non-hydrogen) atoms. The molecule has 2 rings (SSSR count). The van der Waals surface area contributed by atoms with Crippen molar-refractivity contribution in [1.82, 2.24) is 4.90 Å². The number of non-ortho nitro benzene ring substituents is 1. The third-order valence-corrected chi connectivity index (χ3v) is 3.37. The van der Waals surface area contributed by atoms with Gasteiger partial charge in [0.1, 0.15) is 6.04 Å². The lowest BCUT2D eigenvalue weighted by Gasteiger charge is -2.23. The van der Waals surface area contributed by atoms with E-state index in [2.05, 4.69) is 5.32 Å². The van der Waals surface area contributed by atoms with Gasteiger partial charge in [0.15, 0.2) is 0 Å². The predicted molar refractivity (Wildman–Crippen MR) is 75.5 cm³/mol. The van der Waals surface area contributed by atoms with Crippen LogP contribution in [0.3, 0.4) is 0 Å². The van der Waals surface area contributed by atoms with E-state index in [0.717, 1.165) is 6.42 Å². The van der Waals surface area contributed by atoms with Crippen LogP contribution in [0.2, 0.25) is 0 Å². The maximum absolute atomic E-state index is 12.2. The summed E-state index contributed by atoms with van der Waals surface area (Å²) in [6.07, 6.45) is 1.30. The van der Waals surface area contributed by atoms with Gasteiger partial charge in [0.05, 0.1) is 11.5 Å². The molecule has 8 nitrogen and oxygen atoms in total. The van der Waals surface area contributed by atoms with Crippen LogP contribution in [0.25, 0.3) is 0 Å². The molecule has 112 valence electrons. The first-order valence-electron chi connectivity index (χ1n) is 6.58. The lowest BCUT2D eigenvalue weighted by Crippen LogP contribution is -2.45. The summed E-state index contributed by atoms with van der Waals surface area (Å²) in [6, 6.07) is 5.11. The Kier molecular flexibility index (Phi) is 4.49. The summed E-state index contributed by atoms with van der Waals surface area (Å²) in [5.41, 5.74) is 5.55. The molecule has 0 saturated carbocycles. The first kappa shape index (κ1) is 14.9. The molecule has 2 amide bonds. The topological polar surface area (TPSA) is 119 Å². The van der Waals surface area contributed by atoms with Gasteiger partial charge in [-0.25, -0.2) is 0 Å². The van der Waals surface area contributed by atoms with Crippen molar-refractivity contribution >= 4 is 23.2 Å². The molecule has 0 bridgehead atoms. The molecule has 0 radical (unpaired) electrons. The molecule has 0 aliphatic carbocycles. The van der Waals surface area contributed by atoms with Gasteiger partial charge in [0.25, 0.3) is 5.69 Å². The molecule has 1 aromatic rings. The van der Waals surface area contributed by atoms with E-state index in [0.29, 0.717) is 18.7 Å². The molecule has 8 heteroatoms. The Morgan fingerprint density at radius 3 is 2.90 bits per heavy atom. The quantitative estimate of drug-likeness (QED) is 0.618. The van der Waals surface area contributed by atoms with Crippen LogP contribution in [0.1, 0.15) is 12.8 Å². The van der Waals surface area contributed by atoms with Gasteiger partial charge in [-0.15, -0.1) is 0 Å². The molecule has 1 aliphatic rings. The number of likely N-dealkylation sites (tertiary alicyclic amines) is 1. The number of nitrogens with one attached hydrogen (secondary N) is 1. The number of benzene rings is 1. The van der Waals surface area contributed by atoms with E-state index in [1.807, 2.05) is 0 Å². The Bertz CT molecular complexity index is 575. The van der Waals surface area contributed by atoms with E-state index in [4.69, 9.17) is 5.73 Å². The molecule has 1 saturated heterocycles. The van der Waals surface area contributed by atoms with Crippen molar-refractivity contribution in [2.75, 3.05) is 18.4 Å². The third-order valence-electron chi connectivity index (χ3n) is 3.37. The first-order valence-corrected chi connectivity index (χ1v) is 6.58. The second-order valence-corrected chi connectivity index (χ2v) is 4.75. The fourth-order valence-electron chi connectivity index (χ4n) is 2.38. The normalized spacial score (nSPS) is 17.6. The van der Waals surface area contributed by atoms with E-state index in [9.17, 15) is 19.7 Å². The second-order valence-electron chi connectivity index (χ2n) is 4.75. The molecule has 3 N–H and O–H groups in total. The highest BCUT2D eigenvalue weighted by atomic mass is 16.6. The number of hydrogen-bond acceptors (Lipinski definition) is 5. The van der Waals surface area contributed by atoms with Gasteiger partial charge >= 0.3 is 0 Å². The average Bonchev–Trinajstić information content (AvgIpc) is 2.96. The Morgan fingerprint density at radius 1 is 1.48 bits per heavy atom. The smallest absolute Gasteiger partial charge is 0.271 e. The Labute approximate surface area is 121 Å². The molecule has 1 aromatic carbocycles. The van der Waals surface area contributed by atoms with Gasteiger partial charge in [-0.3, -0.25) is 19.7 Å². The molecule has 1 atom stereocenters. The van der Waals surface area contributed by atoms with Crippen molar-refractivity contribution < 1.29 is 14.5 Å². The third kappa shape index (κ3) is 3.34. The summed E-state index contributed by atoms with van der Waals surface area (Å²) < 4.78 is 0. The molecule has 0 aromatic heterocycles. The molecular formula is C13H16N4O4. The minimum atomic E-state index is -0.569. The summed E-state index contributed by atoms with van der Waals surface area (Å²) in [5.74, 6) is -0.624. The number of hydrogen-bond donors (Lipinski definition) is 2. The van der Waals surface area contributed by atoms with Crippen LogP contribution in [0, 0.1) is 10.1 Å². The fraction of sp³-hybridized carbons (Fsp3) is 0.385. The SMILES string of the molecule is NCC(=O)N1CCC[C@H]1C(=O)Nc1cccc([N+](=O)[O-])c1. The van der Waals surface area contributed by atoms with E-state index >= 15 is 0 Å². The highest BCUT2D eigenvalue weighted by Gasteiger charge is 2.33. The van der Waals surface area contributed by atoms with Crippen molar-refractivity contribution in [3.8, 4) is 0 Å². The van der Waals surface area contributed by atoms with Crippen molar-refractivity contribution in [2.45, 2.75) is 18.9 Å². The number of nitro groups is 1. The van der Waals surface area contributed by atoms with Gasteiger partial charge in [0, 0.05) is 24.4 Å². The minimum absolute atomic E-state index is 0.103. The van der Waals surface area contributed by atoms with Crippen LogP contribution in [0.4, 0.5) is 11.4 Å². The van der Waals surface area contributed by atoms with E-state index < -0.39 is 11.0 Å². The summed E-state index contributed by atoms with van der Waals surface area (Å²) >= 11 is 0. The van der Waals surface area contributed by atoms with Gasteiger partial charge < -0.3 is 16.0 Å². The van der Waals surface area contributed by atoms with Crippen LogP contribution in [0.15, 0.2) is 24.3 Å². The monoisotopic (exact) mass is 292 g/mol. The maximum atomic E-state index is 12.2. The van der Waals surface area contributed by atoms with Crippen LogP contribution in [-0.2, 0) is 9.59 Å². The Hall–Kier alpha value is -2.48. The molecule has 1 fully saturated rings. The molecular weight excluding hydrogens is 276 g/mol. The van der Waals surface area contributed by atoms with E-state index in [1.54, 1.807) is 6.07 Å². The molecule has 0 unspecified atom stereocenters. The lowest BCUT2D eigenvalue weighted by molar-refractivity contribution is -0.384. The number of carbonyl (C=O) groups is 2. The standard InChI is InChI=1S/C13H16N4O4/c14-8-12(18)16-6-2-5-11(16)13(19)15-9-3-1-4-10(7-9)17(20)21/h1,3-4,7,11H,2,5-6,8,14H2,(H,15,19)/t11-/m0/s1. The van der Waals surface area contributed by atoms with Crippen molar-refractivity contribution in [3.05, 3.63) is 34.4 Å². The lowest BCUT2D eigenvalue weighted by atomic mass is 10.2. The molecule has 1 aliphatic heterocycles. The van der Waals surface area contributed by atoms with E-state index in [1.165, 1.54) is 23.1 Å². The zero-order valence-electron chi connectivity index (χ0n) is 11.3. The summed E-state index contributed by atoms with van der Waals surface area (Å²) in [4.78, 5) is 35.5. The Morgan fingerprint density at radius 2 is 2.24 bits per heavy atom. The number of anilines is 1. The van der Waals surface area contributed by atoms with Crippen molar-refractivity contribution in [3.63, 3.8) is 0 Å². The van der Waals surface area contributed by atoms with Crippen molar-refractivity contribution in [1.29, 1.82) is 0 Å². The number of nitrogens with zero attached hydrogens (tertiary/aromatic N) is 2. The highest BCUT2D eigenvalue weighted by molar-refractivity contribution is 5.97. The maximum Gasteiger partial charge on any atom is 0.271 e. The van der Waals surface area contributed by atoms with Gasteiger partial charge in [-0.05, 0) is 18.9 Å². The second kappa shape index (κ2) is 6.31. The Balaban J connectivity index is 2.09. The molecule has 0 spiro atoms. The summed E-state index contributed by atoms with van der Waals surface area (Å²) in [5, 5.41) is 13.3. The zero-order valence-corrected chi connectivity index (χ0v) is 11.3. The van der Waals surface area contributed by atoms with Crippen molar-refractivity contribution in [2.24, 2.45) is 5.73 Å². The van der Waals surface area contributed by atoms with Crippen LogP contribution in [-0.4, -0.2) is 40.8 Å². The van der Waals surface area contributed by atoms with Crippen LogP contribution in [0.5, 0.6) is 0 Å². The first-order chi connectivity index (χ1) is 10.0. The average molecular weight is 292 g/mol. The van der Waals surface area contributed by atoms with Gasteiger partial charge in [-0.2, -0.15) is 0 Å². The summed E-state index contributed by atoms with van der Waals surface area (Å²) in [6.45, 7) is 0.365. The largest absolute Gasteiger partial charge is 0.330 e. The van der Waals surface area contributed by atoms with E-state index in [-0.39, 0.29) is 24.0 Å². The number of rotatable bonds is 4. The van der Waals surface area contributed by atoms with Gasteiger partial charge in [0.2, 0.25) is 11.8 Å². The minimum Gasteiger partial charge on any atom is -0.330 e. The number of carbonyl (C=O) groups excluding carboxylic acids is 2.